The van der Waals surface area contributed by atoms with E-state index in [4.69, 9.17) is 4.74 Å². The minimum Gasteiger partial charge on any atom is -0.380 e. The molecule has 3 heterocycles. The molecule has 3 aromatic rings. The molecule has 1 N–H and O–H groups in total. The molecule has 1 atom stereocenters. The number of ether oxygens (including phenoxy) is 1. The quantitative estimate of drug-likeness (QED) is 0.556. The van der Waals surface area contributed by atoms with Gasteiger partial charge in [0.15, 0.2) is 0 Å². The molecule has 5 rings (SSSR count). The van der Waals surface area contributed by atoms with Gasteiger partial charge in [0, 0.05) is 30.1 Å². The number of halogens is 2. The predicted molar refractivity (Wildman–Crippen MR) is 126 cm³/mol. The van der Waals surface area contributed by atoms with Gasteiger partial charge in [0.25, 0.3) is 6.43 Å². The number of hydrogen-bond donors (Lipinski definition) is 1. The number of benzene rings is 2. The van der Waals surface area contributed by atoms with Crippen LogP contribution in [0, 0.1) is 5.92 Å². The summed E-state index contributed by atoms with van der Waals surface area (Å²) in [5.74, 6) is 0.179. The Morgan fingerprint density at radius 2 is 2.00 bits per heavy atom. The molecule has 0 spiro atoms. The molecule has 2 aromatic carbocycles. The van der Waals surface area contributed by atoms with Crippen LogP contribution in [0.3, 0.4) is 0 Å². The first-order chi connectivity index (χ1) is 16.5. The summed E-state index contributed by atoms with van der Waals surface area (Å²) in [5.41, 5.74) is 4.59. The third-order valence-corrected chi connectivity index (χ3v) is 6.55. The number of nitrogens with one attached hydrogen (secondary N) is 1. The lowest BCUT2D eigenvalue weighted by atomic mass is 9.96. The first kappa shape index (κ1) is 22.4. The number of carbonyl (C=O) groups excluding carboxylic acids is 1. The molecule has 8 heteroatoms. The van der Waals surface area contributed by atoms with Crippen molar-refractivity contribution in [3.8, 4) is 0 Å². The zero-order valence-corrected chi connectivity index (χ0v) is 18.9. The van der Waals surface area contributed by atoms with Crippen molar-refractivity contribution in [3.05, 3.63) is 71.4 Å². The van der Waals surface area contributed by atoms with Gasteiger partial charge in [0.2, 0.25) is 5.91 Å². The van der Waals surface area contributed by atoms with Crippen LogP contribution in [0.1, 0.15) is 42.5 Å². The molecule has 1 amide bonds. The molecular formula is C26H26F2N4O2. The highest BCUT2D eigenvalue weighted by molar-refractivity contribution is 5.93. The molecule has 0 radical (unpaired) electrons. The summed E-state index contributed by atoms with van der Waals surface area (Å²) in [6.45, 7) is 4.27. The van der Waals surface area contributed by atoms with E-state index in [1.54, 1.807) is 12.3 Å². The van der Waals surface area contributed by atoms with E-state index in [1.165, 1.54) is 17.7 Å². The molecule has 0 aliphatic carbocycles. The molecule has 1 fully saturated rings. The largest absolute Gasteiger partial charge is 0.380 e. The number of alkyl halides is 2. The molecule has 0 unspecified atom stereocenters. The van der Waals surface area contributed by atoms with Crippen LogP contribution in [0.15, 0.2) is 54.7 Å². The Labute approximate surface area is 196 Å². The minimum absolute atomic E-state index is 0.00574. The van der Waals surface area contributed by atoms with Crippen molar-refractivity contribution in [2.75, 3.05) is 31.6 Å². The van der Waals surface area contributed by atoms with Crippen LogP contribution >= 0.6 is 0 Å². The molecule has 6 nitrogen and oxygen atoms in total. The fraction of sp³-hybridized carbons (Fsp3) is 0.346. The van der Waals surface area contributed by atoms with E-state index in [0.29, 0.717) is 26.3 Å². The average molecular weight is 465 g/mol. The van der Waals surface area contributed by atoms with Crippen LogP contribution in [-0.2, 0) is 9.53 Å². The molecule has 0 saturated carbocycles. The lowest BCUT2D eigenvalue weighted by Gasteiger charge is -2.33. The van der Waals surface area contributed by atoms with Gasteiger partial charge in [-0.2, -0.15) is 10.2 Å². The summed E-state index contributed by atoms with van der Waals surface area (Å²) in [5, 5.41) is 12.7. The van der Waals surface area contributed by atoms with Gasteiger partial charge in [-0.15, -0.1) is 0 Å². The van der Waals surface area contributed by atoms with Gasteiger partial charge in [0.05, 0.1) is 36.5 Å². The van der Waals surface area contributed by atoms with Crippen LogP contribution in [0.5, 0.6) is 0 Å². The summed E-state index contributed by atoms with van der Waals surface area (Å²) in [6.07, 6.45) is 2.05. The van der Waals surface area contributed by atoms with E-state index in [-0.39, 0.29) is 23.4 Å². The van der Waals surface area contributed by atoms with E-state index < -0.39 is 6.43 Å². The molecule has 1 aromatic heterocycles. The maximum absolute atomic E-state index is 13.1. The number of anilines is 1. The molecular weight excluding hydrogens is 438 g/mol. The second-order valence-corrected chi connectivity index (χ2v) is 8.83. The maximum atomic E-state index is 13.1. The van der Waals surface area contributed by atoms with Crippen LogP contribution in [0.2, 0.25) is 0 Å². The monoisotopic (exact) mass is 464 g/mol. The highest BCUT2D eigenvalue weighted by Crippen LogP contribution is 2.31. The number of nitrogens with zero attached hydrogens (tertiary/aromatic N) is 3. The van der Waals surface area contributed by atoms with E-state index in [2.05, 4.69) is 27.7 Å². The van der Waals surface area contributed by atoms with Gasteiger partial charge >= 0.3 is 0 Å². The second kappa shape index (κ2) is 9.46. The van der Waals surface area contributed by atoms with Crippen molar-refractivity contribution >= 4 is 28.1 Å². The Balaban J connectivity index is 1.37. The third kappa shape index (κ3) is 4.50. The zero-order valence-electron chi connectivity index (χ0n) is 18.9. The minimum atomic E-state index is -2.50. The van der Waals surface area contributed by atoms with Crippen molar-refractivity contribution in [2.45, 2.75) is 25.8 Å². The Morgan fingerprint density at radius 1 is 1.18 bits per heavy atom. The van der Waals surface area contributed by atoms with Gasteiger partial charge in [-0.25, -0.2) is 8.78 Å². The summed E-state index contributed by atoms with van der Waals surface area (Å²) >= 11 is 0. The summed E-state index contributed by atoms with van der Waals surface area (Å²) in [4.78, 5) is 14.4. The van der Waals surface area contributed by atoms with Gasteiger partial charge in [-0.05, 0) is 48.2 Å². The number of amides is 1. The number of aromatic nitrogens is 2. The molecule has 2 aliphatic heterocycles. The zero-order chi connectivity index (χ0) is 23.7. The Morgan fingerprint density at radius 3 is 2.71 bits per heavy atom. The normalized spacial score (nSPS) is 17.4. The van der Waals surface area contributed by atoms with Gasteiger partial charge in [-0.3, -0.25) is 4.79 Å². The third-order valence-electron chi connectivity index (χ3n) is 6.55. The fourth-order valence-electron chi connectivity index (χ4n) is 4.42. The lowest BCUT2D eigenvalue weighted by Crippen LogP contribution is -2.46. The average Bonchev–Trinajstić information content (AvgIpc) is 2.83. The Bertz CT molecular complexity index is 1240. The van der Waals surface area contributed by atoms with E-state index in [1.807, 2.05) is 30.0 Å². The highest BCUT2D eigenvalue weighted by atomic mass is 19.3. The number of fused-ring (bicyclic) bond motifs is 1. The Hall–Kier alpha value is -3.39. The van der Waals surface area contributed by atoms with E-state index >= 15 is 0 Å². The van der Waals surface area contributed by atoms with Crippen molar-refractivity contribution in [1.29, 1.82) is 0 Å². The van der Waals surface area contributed by atoms with Crippen molar-refractivity contribution in [1.82, 2.24) is 15.1 Å². The van der Waals surface area contributed by atoms with Gasteiger partial charge < -0.3 is 15.0 Å². The smallest absolute Gasteiger partial charge is 0.263 e. The first-order valence-electron chi connectivity index (χ1n) is 11.5. The molecule has 2 aliphatic rings. The van der Waals surface area contributed by atoms with Crippen LogP contribution in [0.4, 0.5) is 14.5 Å². The second-order valence-electron chi connectivity index (χ2n) is 8.83. The number of hydrogen-bond acceptors (Lipinski definition) is 5. The van der Waals surface area contributed by atoms with Crippen LogP contribution in [-0.4, -0.2) is 47.3 Å². The van der Waals surface area contributed by atoms with Crippen molar-refractivity contribution < 1.29 is 18.3 Å². The molecule has 1 saturated heterocycles. The van der Waals surface area contributed by atoms with E-state index in [0.717, 1.165) is 34.1 Å². The summed E-state index contributed by atoms with van der Waals surface area (Å²) < 4.78 is 31.4. The maximum Gasteiger partial charge on any atom is 0.263 e. The molecule has 34 heavy (non-hydrogen) atoms. The van der Waals surface area contributed by atoms with Gasteiger partial charge in [-0.1, -0.05) is 30.3 Å². The topological polar surface area (TPSA) is 67.4 Å². The lowest BCUT2D eigenvalue weighted by molar-refractivity contribution is -0.149. The van der Waals surface area contributed by atoms with Crippen molar-refractivity contribution in [2.24, 2.45) is 5.92 Å². The SMILES string of the molecule is C[C@@H](Nc1cnnc2ccc(C3=CCN(C(=O)C4COC4)CC3)cc12)c1cccc(C(F)F)c1. The molecule has 176 valence electrons. The number of carbonyl (C=O) groups is 1. The summed E-state index contributed by atoms with van der Waals surface area (Å²) in [7, 11) is 0. The van der Waals surface area contributed by atoms with E-state index in [9.17, 15) is 13.6 Å². The first-order valence-corrected chi connectivity index (χ1v) is 11.5. The fourth-order valence-corrected chi connectivity index (χ4v) is 4.42. The van der Waals surface area contributed by atoms with Crippen LogP contribution in [0.25, 0.3) is 16.5 Å². The predicted octanol–water partition coefficient (Wildman–Crippen LogP) is 5.00. The Kier molecular flexibility index (Phi) is 6.24. The highest BCUT2D eigenvalue weighted by Gasteiger charge is 2.31. The van der Waals surface area contributed by atoms with Crippen molar-refractivity contribution in [3.63, 3.8) is 0 Å². The molecule has 0 bridgehead atoms. The number of rotatable bonds is 6. The summed E-state index contributed by atoms with van der Waals surface area (Å²) in [6, 6.07) is 12.3. The van der Waals surface area contributed by atoms with Gasteiger partial charge in [0.1, 0.15) is 0 Å². The van der Waals surface area contributed by atoms with Crippen LogP contribution < -0.4 is 5.32 Å². The standard InChI is InChI=1S/C26H26F2N4O2/c1-16(18-3-2-4-20(11-18)25(27)28)30-24-13-29-31-23-6-5-19(12-22(23)24)17-7-9-32(10-8-17)26(33)21-14-34-15-21/h2-7,11-13,16,21,25H,8-10,14-15H2,1H3,(H,30,31)/t16-/m1/s1.